The number of rotatable bonds is 11. The van der Waals surface area contributed by atoms with Gasteiger partial charge in [0.25, 0.3) is 0 Å². The van der Waals surface area contributed by atoms with E-state index in [4.69, 9.17) is 0 Å². The SMILES string of the molecule is CCC[CH2][Sn]([CH2]CCC)([CH2]CCC)[CH2]c1ccc2ccccc2c1. The van der Waals surface area contributed by atoms with Crippen molar-refractivity contribution in [3.05, 3.63) is 48.0 Å². The summed E-state index contributed by atoms with van der Waals surface area (Å²) in [7, 11) is 0. The minimum atomic E-state index is -2.06. The van der Waals surface area contributed by atoms with Gasteiger partial charge in [-0.25, -0.2) is 0 Å². The molecule has 2 rings (SSSR count). The van der Waals surface area contributed by atoms with Crippen LogP contribution in [0.5, 0.6) is 0 Å². The van der Waals surface area contributed by atoms with E-state index in [-0.39, 0.29) is 0 Å². The molecule has 2 aromatic carbocycles. The first-order valence-electron chi connectivity index (χ1n) is 10.2. The van der Waals surface area contributed by atoms with Crippen LogP contribution in [0.4, 0.5) is 0 Å². The third-order valence-electron chi connectivity index (χ3n) is 5.57. The molecule has 0 heterocycles. The van der Waals surface area contributed by atoms with Crippen molar-refractivity contribution < 1.29 is 0 Å². The van der Waals surface area contributed by atoms with Crippen molar-refractivity contribution in [3.8, 4) is 0 Å². The van der Waals surface area contributed by atoms with Gasteiger partial charge in [0, 0.05) is 0 Å². The molecule has 0 nitrogen and oxygen atoms in total. The van der Waals surface area contributed by atoms with E-state index in [2.05, 4.69) is 63.2 Å². The van der Waals surface area contributed by atoms with Crippen molar-refractivity contribution >= 4 is 29.1 Å². The van der Waals surface area contributed by atoms with Gasteiger partial charge in [-0.05, 0) is 0 Å². The van der Waals surface area contributed by atoms with Gasteiger partial charge in [0.15, 0.2) is 0 Å². The molecule has 0 N–H and O–H groups in total. The molecular weight excluding hydrogens is 395 g/mol. The fourth-order valence-corrected chi connectivity index (χ4v) is 20.3. The molecule has 0 spiro atoms. The first-order valence-corrected chi connectivity index (χ1v) is 18.3. The van der Waals surface area contributed by atoms with Gasteiger partial charge in [-0.15, -0.1) is 0 Å². The van der Waals surface area contributed by atoms with E-state index in [9.17, 15) is 0 Å². The Morgan fingerprint density at radius 2 is 1.21 bits per heavy atom. The predicted octanol–water partition coefficient (Wildman–Crippen LogP) is 7.77. The summed E-state index contributed by atoms with van der Waals surface area (Å²) in [6, 6.07) is 16.1. The topological polar surface area (TPSA) is 0 Å². The van der Waals surface area contributed by atoms with Crippen LogP contribution in [0.1, 0.15) is 64.9 Å². The van der Waals surface area contributed by atoms with Crippen LogP contribution < -0.4 is 0 Å². The molecule has 0 amide bonds. The third kappa shape index (κ3) is 5.79. The summed E-state index contributed by atoms with van der Waals surface area (Å²) >= 11 is -2.06. The Bertz CT molecular complexity index is 580. The van der Waals surface area contributed by atoms with Crippen molar-refractivity contribution in [2.24, 2.45) is 0 Å². The van der Waals surface area contributed by atoms with Gasteiger partial charge in [0.1, 0.15) is 0 Å². The van der Waals surface area contributed by atoms with E-state index in [0.717, 1.165) is 0 Å². The molecule has 0 aromatic heterocycles. The van der Waals surface area contributed by atoms with Gasteiger partial charge in [0.2, 0.25) is 0 Å². The van der Waals surface area contributed by atoms with Crippen LogP contribution in [0.25, 0.3) is 10.8 Å². The number of benzene rings is 2. The molecule has 0 radical (unpaired) electrons. The van der Waals surface area contributed by atoms with Gasteiger partial charge in [-0.2, -0.15) is 0 Å². The van der Waals surface area contributed by atoms with Crippen LogP contribution in [0.3, 0.4) is 0 Å². The molecule has 0 aliphatic heterocycles. The Balaban J connectivity index is 2.24. The Morgan fingerprint density at radius 1 is 0.667 bits per heavy atom. The molecule has 0 aliphatic carbocycles. The maximum atomic E-state index is 2.49. The second-order valence-corrected chi connectivity index (χ2v) is 21.5. The van der Waals surface area contributed by atoms with Crippen molar-refractivity contribution in [1.82, 2.24) is 0 Å². The van der Waals surface area contributed by atoms with Crippen LogP contribution in [0.2, 0.25) is 13.3 Å². The fourth-order valence-electron chi connectivity index (χ4n) is 4.08. The Hall–Kier alpha value is -0.501. The summed E-state index contributed by atoms with van der Waals surface area (Å²) in [6.45, 7) is 7.10. The second-order valence-electron chi connectivity index (χ2n) is 7.67. The molecule has 0 unspecified atom stereocenters. The first kappa shape index (κ1) is 19.8. The fraction of sp³-hybridized carbons (Fsp3) is 0.565. The van der Waals surface area contributed by atoms with E-state index >= 15 is 0 Å². The van der Waals surface area contributed by atoms with Crippen molar-refractivity contribution in [2.45, 2.75) is 77.0 Å². The number of unbranched alkanes of at least 4 members (excludes halogenated alkanes) is 3. The standard InChI is InChI=1S/C11H9.3C4H9.Sn/c1-9-6-7-10-4-2-3-5-11(10)8-9;3*1-3-4-2;/h2-8H,1H2;3*1,3-4H2,2H3;. The summed E-state index contributed by atoms with van der Waals surface area (Å²) in [5.74, 6) is 0. The summed E-state index contributed by atoms with van der Waals surface area (Å²) in [5, 5.41) is 2.81. The monoisotopic (exact) mass is 432 g/mol. The quantitative estimate of drug-likeness (QED) is 0.319. The molecule has 0 saturated heterocycles. The first-order chi connectivity index (χ1) is 11.7. The summed E-state index contributed by atoms with van der Waals surface area (Å²) in [4.78, 5) is 0. The zero-order chi connectivity index (χ0) is 17.3. The van der Waals surface area contributed by atoms with Crippen molar-refractivity contribution in [2.75, 3.05) is 0 Å². The Kier molecular flexibility index (Phi) is 8.65. The maximum absolute atomic E-state index is 2.49. The third-order valence-corrected chi connectivity index (χ3v) is 21.0. The number of hydrogen-bond donors (Lipinski definition) is 0. The van der Waals surface area contributed by atoms with E-state index in [0.29, 0.717) is 0 Å². The summed E-state index contributed by atoms with van der Waals surface area (Å²) < 4.78 is 6.30. The van der Waals surface area contributed by atoms with Crippen LogP contribution in [0, 0.1) is 0 Å². The van der Waals surface area contributed by atoms with E-state index in [1.165, 1.54) is 53.7 Å². The second kappa shape index (κ2) is 10.5. The molecule has 0 atom stereocenters. The molecule has 0 aliphatic rings. The van der Waals surface area contributed by atoms with Gasteiger partial charge >= 0.3 is 154 Å². The van der Waals surface area contributed by atoms with Crippen molar-refractivity contribution in [3.63, 3.8) is 0 Å². The van der Waals surface area contributed by atoms with E-state index in [1.54, 1.807) is 18.9 Å². The summed E-state index contributed by atoms with van der Waals surface area (Å²) in [6.07, 6.45) is 8.52. The average molecular weight is 431 g/mol. The van der Waals surface area contributed by atoms with Gasteiger partial charge in [-0.3, -0.25) is 0 Å². The molecule has 0 bridgehead atoms. The molecule has 1 heteroatoms. The minimum absolute atomic E-state index is 1.37. The molecule has 0 fully saturated rings. The molecule has 0 saturated carbocycles. The van der Waals surface area contributed by atoms with E-state index < -0.39 is 18.4 Å². The van der Waals surface area contributed by atoms with Crippen molar-refractivity contribution in [1.29, 1.82) is 0 Å². The van der Waals surface area contributed by atoms with Gasteiger partial charge < -0.3 is 0 Å². The number of fused-ring (bicyclic) bond motifs is 1. The van der Waals surface area contributed by atoms with E-state index in [1.807, 2.05) is 0 Å². The number of hydrogen-bond acceptors (Lipinski definition) is 0. The molecule has 132 valence electrons. The molecule has 2 aromatic rings. The summed E-state index contributed by atoms with van der Waals surface area (Å²) in [5.41, 5.74) is 1.63. The van der Waals surface area contributed by atoms with Crippen LogP contribution >= 0.6 is 0 Å². The predicted molar refractivity (Wildman–Crippen MR) is 113 cm³/mol. The van der Waals surface area contributed by atoms with Crippen LogP contribution in [-0.4, -0.2) is 18.4 Å². The average Bonchev–Trinajstić information content (AvgIpc) is 2.62. The van der Waals surface area contributed by atoms with Gasteiger partial charge in [0.05, 0.1) is 0 Å². The zero-order valence-corrected chi connectivity index (χ0v) is 19.0. The van der Waals surface area contributed by atoms with Crippen LogP contribution in [-0.2, 0) is 4.44 Å². The molecule has 24 heavy (non-hydrogen) atoms. The molecular formula is C23H36Sn. The normalized spacial score (nSPS) is 12.0. The zero-order valence-electron chi connectivity index (χ0n) is 16.1. The Labute approximate surface area is 153 Å². The Morgan fingerprint density at radius 3 is 1.75 bits per heavy atom. The van der Waals surface area contributed by atoms with Crippen LogP contribution in [0.15, 0.2) is 42.5 Å². The van der Waals surface area contributed by atoms with Gasteiger partial charge in [-0.1, -0.05) is 0 Å².